The maximum absolute atomic E-state index is 12.4. The second-order valence-corrected chi connectivity index (χ2v) is 13.1. The highest BCUT2D eigenvalue weighted by Gasteiger charge is 2.44. The van der Waals surface area contributed by atoms with Gasteiger partial charge in [-0.15, -0.1) is 0 Å². The van der Waals surface area contributed by atoms with Crippen molar-refractivity contribution in [2.75, 3.05) is 23.7 Å². The molecule has 2 aromatic carbocycles. The molecule has 5 N–H and O–H groups in total. The lowest BCUT2D eigenvalue weighted by Gasteiger charge is -2.20. The molecular formula is C36H45N9O3. The highest BCUT2D eigenvalue weighted by atomic mass is 16.3. The number of nitrogens with zero attached hydrogens (tertiary/aromatic N) is 6. The van der Waals surface area contributed by atoms with E-state index in [0.29, 0.717) is 54.9 Å². The fourth-order valence-corrected chi connectivity index (χ4v) is 6.23. The number of imidazole rings is 2. The van der Waals surface area contributed by atoms with E-state index >= 15 is 0 Å². The fraction of sp³-hybridized carbons (Fsp3) is 0.417. The second kappa shape index (κ2) is 14.5. The number of rotatable bonds is 13. The minimum atomic E-state index is -1.13. The molecule has 0 saturated heterocycles. The number of aliphatic hydroxyl groups is 2. The average molecular weight is 652 g/mol. The molecule has 1 aliphatic carbocycles. The molecule has 6 rings (SSSR count). The van der Waals surface area contributed by atoms with Crippen LogP contribution in [-0.4, -0.2) is 76.5 Å². The molecule has 48 heavy (non-hydrogen) atoms. The van der Waals surface area contributed by atoms with Crippen molar-refractivity contribution in [1.29, 1.82) is 0 Å². The SMILES string of the molecule is CC(C)C(=O)N[C@H]1CC(n2cnc3c(NCC(c4ccccc4)c4ccccc4)nc(NCCc4cn(C(C)C)cn4)nc32)[C@H](O)[C@@H]1O. The van der Waals surface area contributed by atoms with E-state index < -0.39 is 24.3 Å². The van der Waals surface area contributed by atoms with E-state index in [-0.39, 0.29) is 17.7 Å². The third-order valence-electron chi connectivity index (χ3n) is 9.08. The summed E-state index contributed by atoms with van der Waals surface area (Å²) in [5, 5.41) is 31.9. The van der Waals surface area contributed by atoms with Gasteiger partial charge in [0.2, 0.25) is 11.9 Å². The number of aromatic nitrogens is 6. The van der Waals surface area contributed by atoms with E-state index in [0.717, 1.165) is 5.69 Å². The third kappa shape index (κ3) is 7.19. The van der Waals surface area contributed by atoms with E-state index in [2.05, 4.69) is 63.6 Å². The van der Waals surface area contributed by atoms with E-state index in [1.54, 1.807) is 24.7 Å². The number of carbonyl (C=O) groups is 1. The van der Waals surface area contributed by atoms with Gasteiger partial charge in [0.15, 0.2) is 17.0 Å². The van der Waals surface area contributed by atoms with Crippen LogP contribution in [0.3, 0.4) is 0 Å². The first-order valence-corrected chi connectivity index (χ1v) is 16.7. The van der Waals surface area contributed by atoms with Crippen LogP contribution >= 0.6 is 0 Å². The van der Waals surface area contributed by atoms with Crippen molar-refractivity contribution in [2.24, 2.45) is 5.92 Å². The summed E-state index contributed by atoms with van der Waals surface area (Å²) in [6.07, 6.45) is 4.27. The topological polar surface area (TPSA) is 155 Å². The molecule has 1 unspecified atom stereocenters. The molecule has 5 aromatic rings. The van der Waals surface area contributed by atoms with Crippen molar-refractivity contribution < 1.29 is 15.0 Å². The van der Waals surface area contributed by atoms with Gasteiger partial charge in [0.1, 0.15) is 12.2 Å². The van der Waals surface area contributed by atoms with Gasteiger partial charge in [-0.05, 0) is 31.4 Å². The summed E-state index contributed by atoms with van der Waals surface area (Å²) >= 11 is 0. The van der Waals surface area contributed by atoms with E-state index in [1.807, 2.05) is 48.9 Å². The van der Waals surface area contributed by atoms with Gasteiger partial charge in [0.05, 0.1) is 30.4 Å². The van der Waals surface area contributed by atoms with E-state index in [9.17, 15) is 15.0 Å². The maximum Gasteiger partial charge on any atom is 0.226 e. The number of aliphatic hydroxyl groups excluding tert-OH is 2. The van der Waals surface area contributed by atoms with Crippen molar-refractivity contribution in [2.45, 2.75) is 76.8 Å². The molecule has 3 aromatic heterocycles. The average Bonchev–Trinajstić information content (AvgIpc) is 3.81. The van der Waals surface area contributed by atoms with Crippen LogP contribution in [0.15, 0.2) is 79.5 Å². The number of amides is 1. The molecule has 3 heterocycles. The van der Waals surface area contributed by atoms with E-state index in [4.69, 9.17) is 15.0 Å². The van der Waals surface area contributed by atoms with Gasteiger partial charge in [-0.2, -0.15) is 9.97 Å². The molecule has 1 aliphatic rings. The van der Waals surface area contributed by atoms with Gasteiger partial charge in [0.25, 0.3) is 0 Å². The van der Waals surface area contributed by atoms with Gasteiger partial charge in [-0.1, -0.05) is 74.5 Å². The summed E-state index contributed by atoms with van der Waals surface area (Å²) in [7, 11) is 0. The Labute approximate surface area is 280 Å². The van der Waals surface area contributed by atoms with Gasteiger partial charge in [-0.3, -0.25) is 4.79 Å². The third-order valence-corrected chi connectivity index (χ3v) is 9.08. The largest absolute Gasteiger partial charge is 0.388 e. The van der Waals surface area contributed by atoms with Crippen molar-refractivity contribution in [3.63, 3.8) is 0 Å². The number of anilines is 2. The Bertz CT molecular complexity index is 1770. The van der Waals surface area contributed by atoms with Crippen molar-refractivity contribution in [3.8, 4) is 0 Å². The molecule has 4 atom stereocenters. The molecule has 1 fully saturated rings. The molecule has 252 valence electrons. The lowest BCUT2D eigenvalue weighted by molar-refractivity contribution is -0.125. The molecule has 1 saturated carbocycles. The Morgan fingerprint density at radius 1 is 0.896 bits per heavy atom. The van der Waals surface area contributed by atoms with Gasteiger partial charge in [0, 0.05) is 43.6 Å². The number of hydrogen-bond acceptors (Lipinski definition) is 9. The zero-order chi connectivity index (χ0) is 33.8. The first kappa shape index (κ1) is 33.1. The molecule has 0 aliphatic heterocycles. The summed E-state index contributed by atoms with van der Waals surface area (Å²) in [6, 6.07) is 19.9. The molecular weight excluding hydrogens is 606 g/mol. The van der Waals surface area contributed by atoms with Crippen LogP contribution < -0.4 is 16.0 Å². The smallest absolute Gasteiger partial charge is 0.226 e. The maximum atomic E-state index is 12.4. The Morgan fingerprint density at radius 2 is 1.58 bits per heavy atom. The normalized spacial score (nSPS) is 19.4. The Kier molecular flexibility index (Phi) is 10.0. The number of benzene rings is 2. The molecule has 0 bridgehead atoms. The fourth-order valence-electron chi connectivity index (χ4n) is 6.23. The quantitative estimate of drug-likeness (QED) is 0.125. The minimum Gasteiger partial charge on any atom is -0.388 e. The summed E-state index contributed by atoms with van der Waals surface area (Å²) in [5.74, 6) is 0.590. The Balaban J connectivity index is 1.30. The van der Waals surface area contributed by atoms with Crippen molar-refractivity contribution in [3.05, 3.63) is 96.3 Å². The van der Waals surface area contributed by atoms with Crippen molar-refractivity contribution in [1.82, 2.24) is 34.4 Å². The zero-order valence-corrected chi connectivity index (χ0v) is 27.9. The summed E-state index contributed by atoms with van der Waals surface area (Å²) < 4.78 is 3.87. The van der Waals surface area contributed by atoms with Crippen LogP contribution in [-0.2, 0) is 11.2 Å². The monoisotopic (exact) mass is 651 g/mol. The van der Waals surface area contributed by atoms with Gasteiger partial charge < -0.3 is 35.3 Å². The number of fused-ring (bicyclic) bond motifs is 1. The molecule has 0 radical (unpaired) electrons. The summed E-state index contributed by atoms with van der Waals surface area (Å²) in [5.41, 5.74) is 4.37. The zero-order valence-electron chi connectivity index (χ0n) is 27.9. The Hall–Kier alpha value is -4.81. The van der Waals surface area contributed by atoms with Crippen LogP contribution in [0, 0.1) is 5.92 Å². The first-order valence-electron chi connectivity index (χ1n) is 16.7. The number of carbonyl (C=O) groups excluding carboxylic acids is 1. The van der Waals surface area contributed by atoms with Crippen LogP contribution in [0.25, 0.3) is 11.2 Å². The standard InChI is InChI=1S/C36H45N9O3/c1-22(2)35(48)41-28-17-29(32(47)31(28)46)45-21-40-30-33(38-18-27(24-11-7-5-8-12-24)25-13-9-6-10-14-25)42-36(43-34(30)45)37-16-15-26-19-44(20-39-26)23(3)4/h5-14,19-23,27-29,31-32,46-47H,15-18H2,1-4H3,(H,41,48)(H2,37,38,42,43)/t28-,29?,31+,32-/m0/s1. The predicted molar refractivity (Wildman–Crippen MR) is 186 cm³/mol. The summed E-state index contributed by atoms with van der Waals surface area (Å²) in [4.78, 5) is 31.4. The van der Waals surface area contributed by atoms with Crippen LogP contribution in [0.4, 0.5) is 11.8 Å². The molecule has 12 heteroatoms. The van der Waals surface area contributed by atoms with Gasteiger partial charge in [-0.25, -0.2) is 9.97 Å². The molecule has 1 amide bonds. The minimum absolute atomic E-state index is 0.0455. The lowest BCUT2D eigenvalue weighted by Crippen LogP contribution is -2.44. The number of nitrogens with one attached hydrogen (secondary N) is 3. The first-order chi connectivity index (χ1) is 23.2. The second-order valence-electron chi connectivity index (χ2n) is 13.1. The Morgan fingerprint density at radius 3 is 2.21 bits per heavy atom. The molecule has 0 spiro atoms. The summed E-state index contributed by atoms with van der Waals surface area (Å²) in [6.45, 7) is 8.93. The lowest BCUT2D eigenvalue weighted by atomic mass is 9.91. The van der Waals surface area contributed by atoms with Gasteiger partial charge >= 0.3 is 0 Å². The van der Waals surface area contributed by atoms with Crippen molar-refractivity contribution >= 4 is 28.8 Å². The number of hydrogen-bond donors (Lipinski definition) is 5. The van der Waals surface area contributed by atoms with Crippen LogP contribution in [0.1, 0.15) is 68.9 Å². The molecule has 12 nitrogen and oxygen atoms in total. The predicted octanol–water partition coefficient (Wildman–Crippen LogP) is 4.31. The highest BCUT2D eigenvalue weighted by Crippen LogP contribution is 2.35. The van der Waals surface area contributed by atoms with E-state index in [1.165, 1.54) is 11.1 Å². The van der Waals surface area contributed by atoms with Crippen LogP contribution in [0.5, 0.6) is 0 Å². The van der Waals surface area contributed by atoms with Crippen LogP contribution in [0.2, 0.25) is 0 Å². The highest BCUT2D eigenvalue weighted by molar-refractivity contribution is 5.84.